The van der Waals surface area contributed by atoms with Gasteiger partial charge in [0.25, 0.3) is 0 Å². The zero-order valence-electron chi connectivity index (χ0n) is 5.62. The van der Waals surface area contributed by atoms with E-state index in [-0.39, 0.29) is 38.3 Å². The predicted octanol–water partition coefficient (Wildman–Crippen LogP) is -7.13. The summed E-state index contributed by atoms with van der Waals surface area (Å²) in [5.74, 6) is 0. The van der Waals surface area contributed by atoms with E-state index < -0.39 is 16.7 Å². The van der Waals surface area contributed by atoms with Gasteiger partial charge in [0.2, 0.25) is 0 Å². The standard InChI is InChI=1S/9H2O.2O.W/h9*1H2;;;/q;;;;;;;;;;;+2/p-2. The van der Waals surface area contributed by atoms with Gasteiger partial charge >= 0.3 is 31.1 Å². The fourth-order valence-corrected chi connectivity index (χ4v) is 0. The zero-order valence-corrected chi connectivity index (χ0v) is 8.55. The second-order valence-corrected chi connectivity index (χ2v) is 3.67. The van der Waals surface area contributed by atoms with Crippen molar-refractivity contribution in [1.29, 1.82) is 0 Å². The summed E-state index contributed by atoms with van der Waals surface area (Å²) >= 11 is -5.67. The minimum atomic E-state index is -5.67. The molecule has 0 saturated heterocycles. The van der Waals surface area contributed by atoms with Gasteiger partial charge in [0, 0.05) is 0 Å². The van der Waals surface area contributed by atoms with Gasteiger partial charge in [-0.15, -0.1) is 0 Å². The molecule has 0 spiro atoms. The van der Waals surface area contributed by atoms with Crippen LogP contribution in [-0.2, 0) is 23.5 Å². The van der Waals surface area contributed by atoms with Crippen LogP contribution in [0.15, 0.2) is 0 Å². The monoisotopic (exact) mass is 376 g/mol. The molecule has 12 heteroatoms. The van der Waals surface area contributed by atoms with Crippen LogP contribution in [0, 0.1) is 0 Å². The molecule has 0 saturated carbocycles. The van der Waals surface area contributed by atoms with Crippen LogP contribution >= 0.6 is 0 Å². The third-order valence-electron chi connectivity index (χ3n) is 0. The molecule has 0 aromatic heterocycles. The van der Waals surface area contributed by atoms with Crippen LogP contribution in [0.4, 0.5) is 0 Å². The Hall–Kier alpha value is -0.0717. The van der Waals surface area contributed by atoms with Crippen LogP contribution in [0.25, 0.3) is 0 Å². The summed E-state index contributed by atoms with van der Waals surface area (Å²) in [5.41, 5.74) is 0. The maximum atomic E-state index is 8.87. The summed E-state index contributed by atoms with van der Waals surface area (Å²) < 4.78 is 32.1. The van der Waals surface area contributed by atoms with Crippen molar-refractivity contribution in [3.05, 3.63) is 0 Å². The van der Waals surface area contributed by atoms with Gasteiger partial charge in [0.15, 0.2) is 0 Å². The van der Waals surface area contributed by atoms with E-state index in [1.807, 2.05) is 0 Å². The Kier molecular flexibility index (Phi) is 236. The maximum absolute atomic E-state index is 8.87. The Morgan fingerprint density at radius 3 is 0.583 bits per heavy atom. The van der Waals surface area contributed by atoms with Crippen molar-refractivity contribution in [2.75, 3.05) is 0 Å². The van der Waals surface area contributed by atoms with E-state index in [1.54, 1.807) is 0 Å². The Morgan fingerprint density at radius 2 is 0.583 bits per heavy atom. The van der Waals surface area contributed by atoms with Crippen molar-refractivity contribution in [2.24, 2.45) is 0 Å². The molecule has 11 nitrogen and oxygen atoms in total. The van der Waals surface area contributed by atoms with Gasteiger partial charge in [-0.25, -0.2) is 0 Å². The zero-order chi connectivity index (χ0) is 4.50. The third-order valence-corrected chi connectivity index (χ3v) is 0. The molecule has 0 bridgehead atoms. The molecular formula is H16O11W. The van der Waals surface area contributed by atoms with Crippen LogP contribution < -0.4 is 0 Å². The first-order valence-electron chi connectivity index (χ1n) is 0.698. The molecule has 0 fully saturated rings. The second-order valence-electron chi connectivity index (χ2n) is 0.448. The normalized spacial score (nSPS) is 4.83. The van der Waals surface area contributed by atoms with Crippen molar-refractivity contribution in [3.8, 4) is 0 Å². The summed E-state index contributed by atoms with van der Waals surface area (Å²) in [7, 11) is 0. The average molecular weight is 376 g/mol. The Balaban J connectivity index is -0.00000000381. The first-order chi connectivity index (χ1) is 2.00. The van der Waals surface area contributed by atoms with E-state index in [0.29, 0.717) is 0 Å². The molecule has 0 aliphatic rings. The topological polar surface area (TPSA) is 295 Å². The summed E-state index contributed by atoms with van der Waals surface area (Å²) in [6, 6.07) is 0. The van der Waals surface area contributed by atoms with Gasteiger partial charge in [-0.2, -0.15) is 0 Å². The second kappa shape index (κ2) is 30.7. The summed E-state index contributed by atoms with van der Waals surface area (Å²) in [5, 5.41) is 0. The van der Waals surface area contributed by atoms with Crippen molar-refractivity contribution in [2.45, 2.75) is 0 Å². The van der Waals surface area contributed by atoms with Crippen molar-refractivity contribution >= 4 is 0 Å². The molecule has 0 aromatic carbocycles. The van der Waals surface area contributed by atoms with Crippen LogP contribution in [0.1, 0.15) is 0 Å². The van der Waals surface area contributed by atoms with Gasteiger partial charge in [-0.3, -0.25) is 0 Å². The van der Waals surface area contributed by atoms with E-state index in [9.17, 15) is 0 Å². The van der Waals surface area contributed by atoms with Crippen LogP contribution in [0.5, 0.6) is 0 Å². The molecular weight excluding hydrogens is 360 g/mol. The molecule has 12 heavy (non-hydrogen) atoms. The van der Waals surface area contributed by atoms with Gasteiger partial charge in [-0.1, -0.05) is 0 Å². The predicted molar refractivity (Wildman–Crippen MR) is 31.1 cm³/mol. The van der Waals surface area contributed by atoms with Gasteiger partial charge in [0.1, 0.15) is 0 Å². The van der Waals surface area contributed by atoms with Crippen molar-refractivity contribution in [3.63, 3.8) is 0 Å². The fourth-order valence-electron chi connectivity index (χ4n) is 0. The molecule has 0 radical (unpaired) electrons. The number of hydrogen-bond acceptors (Lipinski definition) is 2. The first-order valence-corrected chi connectivity index (χ1v) is 5.72. The van der Waals surface area contributed by atoms with Crippen molar-refractivity contribution in [1.82, 2.24) is 0 Å². The third kappa shape index (κ3) is 154000. The molecule has 0 unspecified atom stereocenters. The minimum absolute atomic E-state index is 0. The molecule has 88 valence electrons. The van der Waals surface area contributed by atoms with Gasteiger partial charge in [0.05, 0.1) is 0 Å². The van der Waals surface area contributed by atoms with E-state index in [2.05, 4.69) is 0 Å². The van der Waals surface area contributed by atoms with E-state index in [0.717, 1.165) is 0 Å². The molecule has 16 N–H and O–H groups in total. The first kappa shape index (κ1) is 92.3. The molecule has 0 amide bonds. The van der Waals surface area contributed by atoms with Crippen LogP contribution in [-0.4, -0.2) is 45.9 Å². The van der Waals surface area contributed by atoms with Crippen molar-refractivity contribution < 1.29 is 69.4 Å². The molecule has 0 atom stereocenters. The Labute approximate surface area is 70.1 Å². The fraction of sp³-hybridized carbons (Fsp3) is 0. The Bertz CT molecular complexity index is 88.2. The molecule has 0 aliphatic carbocycles. The van der Waals surface area contributed by atoms with Gasteiger partial charge < -0.3 is 38.3 Å². The quantitative estimate of drug-likeness (QED) is 0.416. The van der Waals surface area contributed by atoms with E-state index in [4.69, 9.17) is 14.3 Å². The van der Waals surface area contributed by atoms with E-state index >= 15 is 0 Å². The molecule has 0 heterocycles. The SMILES string of the molecule is O.O.O.O.O.O.O.[O]=[W](=[O])([OH])[OH]. The average Bonchev–Trinajstić information content (AvgIpc) is 0.722. The van der Waals surface area contributed by atoms with E-state index in [1.165, 1.54) is 0 Å². The van der Waals surface area contributed by atoms with Crippen LogP contribution in [0.3, 0.4) is 0 Å². The number of rotatable bonds is 0. The Morgan fingerprint density at radius 1 is 0.583 bits per heavy atom. The summed E-state index contributed by atoms with van der Waals surface area (Å²) in [6.45, 7) is 0. The summed E-state index contributed by atoms with van der Waals surface area (Å²) in [6.07, 6.45) is 0. The molecule has 0 rings (SSSR count). The van der Waals surface area contributed by atoms with Crippen LogP contribution in [0.2, 0.25) is 0 Å². The number of hydrogen-bond donors (Lipinski definition) is 2. The summed E-state index contributed by atoms with van der Waals surface area (Å²) in [4.78, 5) is 0. The van der Waals surface area contributed by atoms with Gasteiger partial charge in [-0.05, 0) is 0 Å². The molecule has 0 aromatic rings. The molecule has 0 aliphatic heterocycles.